The van der Waals surface area contributed by atoms with E-state index in [4.69, 9.17) is 9.47 Å². The molecule has 0 saturated heterocycles. The largest absolute Gasteiger partial charge is 0.452 e. The fourth-order valence-corrected chi connectivity index (χ4v) is 2.66. The summed E-state index contributed by atoms with van der Waals surface area (Å²) >= 11 is 1.53. The number of nitrogens with one attached hydrogen (secondary N) is 1. The second-order valence-corrected chi connectivity index (χ2v) is 5.81. The first kappa shape index (κ1) is 18.0. The third-order valence-electron chi connectivity index (χ3n) is 3.19. The maximum Gasteiger partial charge on any atom is 0.338 e. The van der Waals surface area contributed by atoms with Gasteiger partial charge in [-0.25, -0.2) is 4.79 Å². The van der Waals surface area contributed by atoms with E-state index in [0.29, 0.717) is 17.9 Å². The van der Waals surface area contributed by atoms with E-state index in [-0.39, 0.29) is 12.5 Å². The van der Waals surface area contributed by atoms with Crippen molar-refractivity contribution in [1.82, 2.24) is 0 Å². The Labute approximate surface area is 145 Å². The van der Waals surface area contributed by atoms with Gasteiger partial charge in [-0.15, -0.1) is 11.8 Å². The van der Waals surface area contributed by atoms with E-state index >= 15 is 0 Å². The maximum atomic E-state index is 12.0. The molecule has 0 aliphatic rings. The first-order chi connectivity index (χ1) is 11.6. The van der Waals surface area contributed by atoms with Gasteiger partial charge in [0.2, 0.25) is 0 Å². The number of hydrogen-bond donors (Lipinski definition) is 1. The number of esters is 1. The van der Waals surface area contributed by atoms with Crippen LogP contribution >= 0.6 is 11.8 Å². The molecule has 0 atom stereocenters. The van der Waals surface area contributed by atoms with Gasteiger partial charge in [0.1, 0.15) is 0 Å². The molecule has 0 fully saturated rings. The van der Waals surface area contributed by atoms with E-state index in [2.05, 4.69) is 5.32 Å². The Kier molecular flexibility index (Phi) is 6.84. The zero-order valence-electron chi connectivity index (χ0n) is 13.6. The summed E-state index contributed by atoms with van der Waals surface area (Å²) in [5.74, 6) is -0.917. The third-order valence-corrected chi connectivity index (χ3v) is 3.98. The molecule has 24 heavy (non-hydrogen) atoms. The SMILES string of the molecule is COCc1cccc(C(=O)OCC(=O)Nc2ccccc2SC)c1. The van der Waals surface area contributed by atoms with Gasteiger partial charge in [0, 0.05) is 12.0 Å². The van der Waals surface area contributed by atoms with E-state index in [1.54, 1.807) is 31.4 Å². The number of thioether (sulfide) groups is 1. The molecule has 0 saturated carbocycles. The Morgan fingerprint density at radius 1 is 1.12 bits per heavy atom. The molecule has 0 heterocycles. The lowest BCUT2D eigenvalue weighted by Gasteiger charge is -2.10. The lowest BCUT2D eigenvalue weighted by Crippen LogP contribution is -2.21. The lowest BCUT2D eigenvalue weighted by molar-refractivity contribution is -0.119. The normalized spacial score (nSPS) is 10.2. The second-order valence-electron chi connectivity index (χ2n) is 4.96. The summed E-state index contributed by atoms with van der Waals surface area (Å²) in [5.41, 5.74) is 1.96. The van der Waals surface area contributed by atoms with Crippen LogP contribution in [0.5, 0.6) is 0 Å². The van der Waals surface area contributed by atoms with Gasteiger partial charge in [-0.05, 0) is 36.1 Å². The minimum absolute atomic E-state index is 0.337. The van der Waals surface area contributed by atoms with Crippen molar-refractivity contribution in [3.63, 3.8) is 0 Å². The minimum atomic E-state index is -0.541. The smallest absolute Gasteiger partial charge is 0.338 e. The molecule has 2 aromatic rings. The van der Waals surface area contributed by atoms with E-state index < -0.39 is 5.97 Å². The Morgan fingerprint density at radius 2 is 1.92 bits per heavy atom. The van der Waals surface area contributed by atoms with Crippen molar-refractivity contribution in [2.75, 3.05) is 25.3 Å². The van der Waals surface area contributed by atoms with Crippen LogP contribution in [0.3, 0.4) is 0 Å². The monoisotopic (exact) mass is 345 g/mol. The number of anilines is 1. The van der Waals surface area contributed by atoms with Crippen LogP contribution in [-0.2, 0) is 20.9 Å². The van der Waals surface area contributed by atoms with Crippen molar-refractivity contribution in [1.29, 1.82) is 0 Å². The number of ether oxygens (including phenoxy) is 2. The van der Waals surface area contributed by atoms with Crippen LogP contribution in [0.2, 0.25) is 0 Å². The molecular weight excluding hydrogens is 326 g/mol. The number of methoxy groups -OCH3 is 1. The van der Waals surface area contributed by atoms with E-state index in [1.807, 2.05) is 30.5 Å². The molecule has 5 nitrogen and oxygen atoms in total. The number of amides is 1. The molecule has 1 N–H and O–H groups in total. The molecule has 2 rings (SSSR count). The van der Waals surface area contributed by atoms with Crippen LogP contribution in [-0.4, -0.2) is 31.8 Å². The van der Waals surface area contributed by atoms with Crippen LogP contribution in [0.25, 0.3) is 0 Å². The van der Waals surface area contributed by atoms with E-state index in [0.717, 1.165) is 10.5 Å². The average Bonchev–Trinajstić information content (AvgIpc) is 2.60. The average molecular weight is 345 g/mol. The molecule has 2 aromatic carbocycles. The molecule has 0 unspecified atom stereocenters. The van der Waals surface area contributed by atoms with Crippen LogP contribution < -0.4 is 5.32 Å². The lowest BCUT2D eigenvalue weighted by atomic mass is 10.1. The van der Waals surface area contributed by atoms with Crippen LogP contribution in [0, 0.1) is 0 Å². The Morgan fingerprint density at radius 3 is 2.67 bits per heavy atom. The van der Waals surface area contributed by atoms with E-state index in [9.17, 15) is 9.59 Å². The summed E-state index contributed by atoms with van der Waals surface area (Å²) in [5, 5.41) is 2.74. The van der Waals surface area contributed by atoms with Crippen molar-refractivity contribution in [3.05, 3.63) is 59.7 Å². The molecule has 1 amide bonds. The predicted octanol–water partition coefficient (Wildman–Crippen LogP) is 3.35. The highest BCUT2D eigenvalue weighted by atomic mass is 32.2. The highest BCUT2D eigenvalue weighted by Gasteiger charge is 2.12. The second kappa shape index (κ2) is 9.10. The van der Waals surface area contributed by atoms with Crippen molar-refractivity contribution in [2.45, 2.75) is 11.5 Å². The molecule has 126 valence electrons. The summed E-state index contributed by atoms with van der Waals surface area (Å²) in [4.78, 5) is 25.0. The van der Waals surface area contributed by atoms with Crippen molar-refractivity contribution >= 4 is 29.3 Å². The Bertz CT molecular complexity index is 718. The standard InChI is InChI=1S/C18H19NO4S/c1-22-11-13-6-5-7-14(10-13)18(21)23-12-17(20)19-15-8-3-4-9-16(15)24-2/h3-10H,11-12H2,1-2H3,(H,19,20). The zero-order valence-corrected chi connectivity index (χ0v) is 14.4. The van der Waals surface area contributed by atoms with Gasteiger partial charge in [-0.2, -0.15) is 0 Å². The number of rotatable bonds is 7. The van der Waals surface area contributed by atoms with Gasteiger partial charge < -0.3 is 14.8 Å². The summed E-state index contributed by atoms with van der Waals surface area (Å²) in [6.45, 7) is 0.0725. The molecule has 0 aliphatic carbocycles. The van der Waals surface area contributed by atoms with Gasteiger partial charge >= 0.3 is 5.97 Å². The van der Waals surface area contributed by atoms with Gasteiger partial charge in [-0.1, -0.05) is 24.3 Å². The summed E-state index contributed by atoms with van der Waals surface area (Å²) in [7, 11) is 1.59. The third kappa shape index (κ3) is 5.11. The fraction of sp³-hybridized carbons (Fsp3) is 0.222. The first-order valence-electron chi connectivity index (χ1n) is 7.32. The fourth-order valence-electron chi connectivity index (χ4n) is 2.10. The summed E-state index contributed by atoms with van der Waals surface area (Å²) in [6, 6.07) is 14.4. The highest BCUT2D eigenvalue weighted by molar-refractivity contribution is 7.98. The van der Waals surface area contributed by atoms with Gasteiger partial charge in [0.05, 0.1) is 17.9 Å². The summed E-state index contributed by atoms with van der Waals surface area (Å²) < 4.78 is 10.1. The molecule has 0 aromatic heterocycles. The van der Waals surface area contributed by atoms with Crippen molar-refractivity contribution in [2.24, 2.45) is 0 Å². The van der Waals surface area contributed by atoms with Crippen LogP contribution in [0.1, 0.15) is 15.9 Å². The number of carbonyl (C=O) groups is 2. The number of carbonyl (C=O) groups excluding carboxylic acids is 2. The topological polar surface area (TPSA) is 64.6 Å². The van der Waals surface area contributed by atoms with Gasteiger partial charge in [-0.3, -0.25) is 4.79 Å². The molecule has 0 spiro atoms. The maximum absolute atomic E-state index is 12.0. The highest BCUT2D eigenvalue weighted by Crippen LogP contribution is 2.24. The number of para-hydroxylation sites is 1. The molecule has 6 heteroatoms. The number of benzene rings is 2. The van der Waals surface area contributed by atoms with Crippen molar-refractivity contribution < 1.29 is 19.1 Å². The summed E-state index contributed by atoms with van der Waals surface area (Å²) in [6.07, 6.45) is 1.93. The Hall–Kier alpha value is -2.31. The molecule has 0 aliphatic heterocycles. The quantitative estimate of drug-likeness (QED) is 0.616. The van der Waals surface area contributed by atoms with Gasteiger partial charge in [0.25, 0.3) is 5.91 Å². The molecular formula is C18H19NO4S. The molecule has 0 radical (unpaired) electrons. The van der Waals surface area contributed by atoms with E-state index in [1.165, 1.54) is 11.8 Å². The molecule has 0 bridgehead atoms. The Balaban J connectivity index is 1.91. The minimum Gasteiger partial charge on any atom is -0.452 e. The van der Waals surface area contributed by atoms with Crippen LogP contribution in [0.15, 0.2) is 53.4 Å². The number of hydrogen-bond acceptors (Lipinski definition) is 5. The van der Waals surface area contributed by atoms with Crippen molar-refractivity contribution in [3.8, 4) is 0 Å². The predicted molar refractivity (Wildman–Crippen MR) is 94.3 cm³/mol. The van der Waals surface area contributed by atoms with Crippen LogP contribution in [0.4, 0.5) is 5.69 Å². The van der Waals surface area contributed by atoms with Gasteiger partial charge in [0.15, 0.2) is 6.61 Å². The zero-order chi connectivity index (χ0) is 17.4. The first-order valence-corrected chi connectivity index (χ1v) is 8.54.